The summed E-state index contributed by atoms with van der Waals surface area (Å²) in [5, 5.41) is 0. The van der Waals surface area contributed by atoms with Crippen LogP contribution in [0.4, 0.5) is 4.39 Å². The fourth-order valence-electron chi connectivity index (χ4n) is 2.03. The van der Waals surface area contributed by atoms with Gasteiger partial charge in [0.2, 0.25) is 0 Å². The molecule has 0 fully saturated rings. The van der Waals surface area contributed by atoms with Crippen molar-refractivity contribution in [1.82, 2.24) is 0 Å². The molecule has 2 aromatic rings. The number of carbonyl (C=O) groups excluding carboxylic acids is 1. The Kier molecular flexibility index (Phi) is 3.56. The Balaban J connectivity index is 2.37. The van der Waals surface area contributed by atoms with Crippen LogP contribution >= 0.6 is 0 Å². The van der Waals surface area contributed by atoms with Crippen molar-refractivity contribution >= 4 is 5.78 Å². The largest absolute Gasteiger partial charge is 0.289 e. The summed E-state index contributed by atoms with van der Waals surface area (Å²) in [5.41, 5.74) is 3.32. The molecule has 0 saturated carbocycles. The van der Waals surface area contributed by atoms with Gasteiger partial charge in [0, 0.05) is 11.1 Å². The lowest BCUT2D eigenvalue weighted by molar-refractivity contribution is 0.103. The van der Waals surface area contributed by atoms with E-state index in [-0.39, 0.29) is 11.6 Å². The quantitative estimate of drug-likeness (QED) is 0.745. The molecule has 2 rings (SSSR count). The zero-order valence-electron chi connectivity index (χ0n) is 10.5. The molecule has 0 atom stereocenters. The van der Waals surface area contributed by atoms with Crippen LogP contribution in [0.2, 0.25) is 0 Å². The van der Waals surface area contributed by atoms with Gasteiger partial charge in [0.15, 0.2) is 5.78 Å². The molecule has 92 valence electrons. The number of hydrogen-bond acceptors (Lipinski definition) is 1. The molecule has 1 nitrogen and oxygen atoms in total. The van der Waals surface area contributed by atoms with Gasteiger partial charge in [-0.2, -0.15) is 0 Å². The summed E-state index contributed by atoms with van der Waals surface area (Å²) < 4.78 is 13.1. The summed E-state index contributed by atoms with van der Waals surface area (Å²) in [7, 11) is 0. The molecule has 0 bridgehead atoms. The topological polar surface area (TPSA) is 17.1 Å². The van der Waals surface area contributed by atoms with Crippen LogP contribution in [0, 0.1) is 12.7 Å². The van der Waals surface area contributed by atoms with Crippen molar-refractivity contribution in [2.75, 3.05) is 0 Å². The third kappa shape index (κ3) is 2.48. The average Bonchev–Trinajstić information content (AvgIpc) is 2.37. The molecule has 0 amide bonds. The van der Waals surface area contributed by atoms with E-state index in [0.717, 1.165) is 12.0 Å². The van der Waals surface area contributed by atoms with Crippen LogP contribution in [0.1, 0.15) is 34.0 Å². The van der Waals surface area contributed by atoms with Crippen LogP contribution in [0.3, 0.4) is 0 Å². The minimum atomic E-state index is -0.386. The first-order chi connectivity index (χ1) is 8.61. The second kappa shape index (κ2) is 5.13. The van der Waals surface area contributed by atoms with Gasteiger partial charge in [0.05, 0.1) is 0 Å². The van der Waals surface area contributed by atoms with Crippen molar-refractivity contribution in [3.8, 4) is 0 Å². The number of benzene rings is 2. The van der Waals surface area contributed by atoms with E-state index in [4.69, 9.17) is 0 Å². The zero-order chi connectivity index (χ0) is 13.1. The highest BCUT2D eigenvalue weighted by Gasteiger charge is 2.10. The van der Waals surface area contributed by atoms with Crippen LogP contribution < -0.4 is 0 Å². The monoisotopic (exact) mass is 242 g/mol. The maximum atomic E-state index is 13.1. The van der Waals surface area contributed by atoms with Gasteiger partial charge in [-0.3, -0.25) is 4.79 Å². The van der Waals surface area contributed by atoms with Crippen molar-refractivity contribution < 1.29 is 9.18 Å². The summed E-state index contributed by atoms with van der Waals surface area (Å²) in [6, 6.07) is 11.4. The Morgan fingerprint density at radius 2 is 1.83 bits per heavy atom. The molecule has 0 aliphatic rings. The van der Waals surface area contributed by atoms with Gasteiger partial charge in [-0.1, -0.05) is 31.2 Å². The molecule has 0 saturated heterocycles. The summed E-state index contributed by atoms with van der Waals surface area (Å²) >= 11 is 0. The number of aryl methyl sites for hydroxylation is 2. The molecular weight excluding hydrogens is 227 g/mol. The number of carbonyl (C=O) groups is 1. The smallest absolute Gasteiger partial charge is 0.193 e. The Morgan fingerprint density at radius 1 is 1.11 bits per heavy atom. The van der Waals surface area contributed by atoms with E-state index in [0.29, 0.717) is 11.1 Å². The predicted molar refractivity (Wildman–Crippen MR) is 70.4 cm³/mol. The summed E-state index contributed by atoms with van der Waals surface area (Å²) in [5.74, 6) is -0.525. The minimum absolute atomic E-state index is 0.139. The molecule has 0 radical (unpaired) electrons. The van der Waals surface area contributed by atoms with E-state index >= 15 is 0 Å². The fourth-order valence-corrected chi connectivity index (χ4v) is 2.03. The van der Waals surface area contributed by atoms with Crippen LogP contribution in [0.15, 0.2) is 42.5 Å². The second-order valence-electron chi connectivity index (χ2n) is 4.33. The molecular formula is C16H15FO. The van der Waals surface area contributed by atoms with E-state index in [1.165, 1.54) is 17.7 Å². The molecule has 18 heavy (non-hydrogen) atoms. The molecule has 0 aromatic heterocycles. The van der Waals surface area contributed by atoms with Crippen LogP contribution in [-0.4, -0.2) is 5.78 Å². The van der Waals surface area contributed by atoms with Crippen LogP contribution in [-0.2, 0) is 6.42 Å². The number of ketones is 1. The first-order valence-electron chi connectivity index (χ1n) is 6.01. The lowest BCUT2D eigenvalue weighted by atomic mass is 9.98. The molecule has 0 spiro atoms. The van der Waals surface area contributed by atoms with Crippen molar-refractivity contribution in [3.05, 3.63) is 70.5 Å². The van der Waals surface area contributed by atoms with Gasteiger partial charge in [0.1, 0.15) is 5.82 Å². The normalized spacial score (nSPS) is 10.4. The van der Waals surface area contributed by atoms with E-state index in [1.54, 1.807) is 18.2 Å². The minimum Gasteiger partial charge on any atom is -0.289 e. The summed E-state index contributed by atoms with van der Waals surface area (Å²) in [4.78, 5) is 12.2. The molecule has 0 N–H and O–H groups in total. The van der Waals surface area contributed by atoms with Gasteiger partial charge in [-0.25, -0.2) is 4.39 Å². The summed E-state index contributed by atoms with van der Waals surface area (Å²) in [6.45, 7) is 4.07. The van der Waals surface area contributed by atoms with Crippen molar-refractivity contribution in [3.63, 3.8) is 0 Å². The zero-order valence-corrected chi connectivity index (χ0v) is 10.5. The first kappa shape index (κ1) is 12.5. The van der Waals surface area contributed by atoms with E-state index in [1.807, 2.05) is 19.1 Å². The number of rotatable bonds is 3. The summed E-state index contributed by atoms with van der Waals surface area (Å²) in [6.07, 6.45) is 0.945. The molecule has 0 aliphatic heterocycles. The Hall–Kier alpha value is -1.96. The Bertz CT molecular complexity index is 587. The first-order valence-corrected chi connectivity index (χ1v) is 6.01. The van der Waals surface area contributed by atoms with Crippen molar-refractivity contribution in [1.29, 1.82) is 0 Å². The van der Waals surface area contributed by atoms with Crippen LogP contribution in [0.5, 0.6) is 0 Å². The van der Waals surface area contributed by atoms with Gasteiger partial charge >= 0.3 is 0 Å². The molecule has 2 heteroatoms. The Morgan fingerprint density at radius 3 is 2.44 bits per heavy atom. The number of halogens is 1. The lowest BCUT2D eigenvalue weighted by Crippen LogP contribution is -2.03. The van der Waals surface area contributed by atoms with Gasteiger partial charge in [0.25, 0.3) is 0 Å². The van der Waals surface area contributed by atoms with Gasteiger partial charge in [-0.15, -0.1) is 0 Å². The highest BCUT2D eigenvalue weighted by Crippen LogP contribution is 2.16. The molecule has 2 aromatic carbocycles. The average molecular weight is 242 g/mol. The van der Waals surface area contributed by atoms with Crippen molar-refractivity contribution in [2.45, 2.75) is 20.3 Å². The lowest BCUT2D eigenvalue weighted by Gasteiger charge is -2.06. The number of hydrogen-bond donors (Lipinski definition) is 0. The SMILES string of the molecule is CCc1ccc(C(=O)c2cccc(F)c2)cc1C. The molecule has 0 heterocycles. The molecule has 0 aliphatic carbocycles. The second-order valence-corrected chi connectivity index (χ2v) is 4.33. The van der Waals surface area contributed by atoms with Gasteiger partial charge in [-0.05, 0) is 42.7 Å². The maximum absolute atomic E-state index is 13.1. The highest BCUT2D eigenvalue weighted by molar-refractivity contribution is 6.09. The standard InChI is InChI=1S/C16H15FO/c1-3-12-7-8-14(9-11(12)2)16(18)13-5-4-6-15(17)10-13/h4-10H,3H2,1-2H3. The fraction of sp³-hybridized carbons (Fsp3) is 0.188. The molecule has 0 unspecified atom stereocenters. The van der Waals surface area contributed by atoms with Crippen molar-refractivity contribution in [2.24, 2.45) is 0 Å². The Labute approximate surface area is 106 Å². The van der Waals surface area contributed by atoms with Crippen LogP contribution in [0.25, 0.3) is 0 Å². The third-order valence-corrected chi connectivity index (χ3v) is 3.07. The maximum Gasteiger partial charge on any atom is 0.193 e. The van der Waals surface area contributed by atoms with E-state index in [2.05, 4.69) is 6.92 Å². The third-order valence-electron chi connectivity index (χ3n) is 3.07. The van der Waals surface area contributed by atoms with E-state index in [9.17, 15) is 9.18 Å². The highest BCUT2D eigenvalue weighted by atomic mass is 19.1. The van der Waals surface area contributed by atoms with Gasteiger partial charge < -0.3 is 0 Å². The predicted octanol–water partition coefficient (Wildman–Crippen LogP) is 3.93. The van der Waals surface area contributed by atoms with E-state index < -0.39 is 0 Å².